The predicted molar refractivity (Wildman–Crippen MR) is 56.4 cm³/mol. The van der Waals surface area contributed by atoms with E-state index in [0.29, 0.717) is 17.9 Å². The Balaban J connectivity index is 2.69. The summed E-state index contributed by atoms with van der Waals surface area (Å²) in [5.41, 5.74) is 1.46. The van der Waals surface area contributed by atoms with Crippen LogP contribution in [0.4, 0.5) is 0 Å². The smallest absolute Gasteiger partial charge is 0.286 e. The summed E-state index contributed by atoms with van der Waals surface area (Å²) in [6.07, 6.45) is 2.97. The van der Waals surface area contributed by atoms with Gasteiger partial charge in [-0.15, -0.1) is 4.40 Å². The Morgan fingerprint density at radius 2 is 2.13 bits per heavy atom. The van der Waals surface area contributed by atoms with E-state index in [1.165, 1.54) is 6.20 Å². The van der Waals surface area contributed by atoms with Gasteiger partial charge in [-0.3, -0.25) is 4.98 Å². The minimum Gasteiger partial charge on any atom is -0.369 e. The number of pyridine rings is 1. The molecule has 1 aliphatic rings. The summed E-state index contributed by atoms with van der Waals surface area (Å²) in [6, 6.07) is 0. The molecule has 5 nitrogen and oxygen atoms in total. The third-order valence-electron chi connectivity index (χ3n) is 2.17. The second-order valence-corrected chi connectivity index (χ2v) is 4.85. The molecule has 80 valence electrons. The molecular formula is C9H11N3O2S. The second-order valence-electron chi connectivity index (χ2n) is 3.27. The van der Waals surface area contributed by atoms with Gasteiger partial charge in [-0.05, 0) is 19.4 Å². The van der Waals surface area contributed by atoms with Crippen LogP contribution in [0, 0.1) is 6.92 Å². The van der Waals surface area contributed by atoms with Crippen LogP contribution in [0.3, 0.4) is 0 Å². The monoisotopic (exact) mass is 225 g/mol. The highest BCUT2D eigenvalue weighted by Crippen LogP contribution is 2.26. The van der Waals surface area contributed by atoms with Crippen molar-refractivity contribution in [3.05, 3.63) is 23.5 Å². The van der Waals surface area contributed by atoms with Crippen molar-refractivity contribution in [3.8, 4) is 0 Å². The van der Waals surface area contributed by atoms with Crippen molar-refractivity contribution in [2.45, 2.75) is 18.7 Å². The number of nitrogens with one attached hydrogen (secondary N) is 1. The normalized spacial score (nSPS) is 17.1. The van der Waals surface area contributed by atoms with E-state index in [4.69, 9.17) is 0 Å². The molecule has 1 N–H and O–H groups in total. The standard InChI is InChI=1S/C9H11N3O2S/c1-3-11-9-8-6(2)4-10-5-7(8)15(13,14)12-9/h4-5H,3H2,1-2H3,(H,11,12). The van der Waals surface area contributed by atoms with Gasteiger partial charge in [0.2, 0.25) is 0 Å². The molecule has 0 amide bonds. The fourth-order valence-corrected chi connectivity index (χ4v) is 2.75. The van der Waals surface area contributed by atoms with Gasteiger partial charge in [-0.25, -0.2) is 0 Å². The van der Waals surface area contributed by atoms with Crippen LogP contribution in [0.15, 0.2) is 21.7 Å². The van der Waals surface area contributed by atoms with Crippen LogP contribution < -0.4 is 5.32 Å². The Kier molecular flexibility index (Phi) is 2.22. The SMILES string of the molecule is CCNC1=NS(=O)(=O)c2cncc(C)c21. The molecule has 0 fully saturated rings. The number of hydrogen-bond acceptors (Lipinski definition) is 4. The molecule has 0 aromatic carbocycles. The lowest BCUT2D eigenvalue weighted by atomic mass is 10.1. The maximum Gasteiger partial charge on any atom is 0.286 e. The highest BCUT2D eigenvalue weighted by Gasteiger charge is 2.30. The topological polar surface area (TPSA) is 71.4 Å². The molecule has 1 aliphatic heterocycles. The number of rotatable bonds is 1. The third kappa shape index (κ3) is 1.50. The summed E-state index contributed by atoms with van der Waals surface area (Å²) in [7, 11) is -3.54. The number of hydrogen-bond donors (Lipinski definition) is 1. The Labute approximate surface area is 88.3 Å². The molecule has 0 saturated carbocycles. The number of aryl methyl sites for hydroxylation is 1. The largest absolute Gasteiger partial charge is 0.369 e. The minimum absolute atomic E-state index is 0.193. The summed E-state index contributed by atoms with van der Waals surface area (Å²) < 4.78 is 26.9. The van der Waals surface area contributed by atoms with E-state index in [1.807, 2.05) is 13.8 Å². The molecule has 1 aromatic heterocycles. The van der Waals surface area contributed by atoms with E-state index < -0.39 is 10.0 Å². The van der Waals surface area contributed by atoms with Gasteiger partial charge in [-0.1, -0.05) is 0 Å². The van der Waals surface area contributed by atoms with E-state index in [9.17, 15) is 8.42 Å². The van der Waals surface area contributed by atoms with Gasteiger partial charge >= 0.3 is 0 Å². The molecule has 2 heterocycles. The van der Waals surface area contributed by atoms with Gasteiger partial charge in [0, 0.05) is 24.5 Å². The van der Waals surface area contributed by atoms with Gasteiger partial charge in [0.05, 0.1) is 0 Å². The van der Waals surface area contributed by atoms with E-state index in [-0.39, 0.29) is 4.90 Å². The lowest BCUT2D eigenvalue weighted by Gasteiger charge is -2.05. The number of fused-ring (bicyclic) bond motifs is 1. The van der Waals surface area contributed by atoms with Crippen LogP contribution in [-0.2, 0) is 10.0 Å². The second kappa shape index (κ2) is 3.30. The molecule has 0 aliphatic carbocycles. The molecule has 1 aromatic rings. The average Bonchev–Trinajstić information content (AvgIpc) is 2.41. The fraction of sp³-hybridized carbons (Fsp3) is 0.333. The summed E-state index contributed by atoms with van der Waals surface area (Å²) in [6.45, 7) is 4.35. The van der Waals surface area contributed by atoms with Crippen molar-refractivity contribution < 1.29 is 8.42 Å². The molecule has 0 saturated heterocycles. The van der Waals surface area contributed by atoms with Crippen LogP contribution in [0.25, 0.3) is 0 Å². The van der Waals surface area contributed by atoms with Crippen molar-refractivity contribution >= 4 is 15.9 Å². The number of nitrogens with zero attached hydrogens (tertiary/aromatic N) is 2. The lowest BCUT2D eigenvalue weighted by molar-refractivity contribution is 0.599. The zero-order valence-corrected chi connectivity index (χ0v) is 9.30. The van der Waals surface area contributed by atoms with Crippen molar-refractivity contribution in [1.29, 1.82) is 0 Å². The third-order valence-corrected chi connectivity index (χ3v) is 3.46. The summed E-state index contributed by atoms with van der Waals surface area (Å²) >= 11 is 0. The van der Waals surface area contributed by atoms with Crippen LogP contribution in [0.5, 0.6) is 0 Å². The number of sulfonamides is 1. The summed E-state index contributed by atoms with van der Waals surface area (Å²) in [5.74, 6) is 0.424. The molecule has 0 unspecified atom stereocenters. The first kappa shape index (κ1) is 10.1. The zero-order valence-electron chi connectivity index (χ0n) is 8.48. The number of amidine groups is 1. The molecule has 6 heteroatoms. The predicted octanol–water partition coefficient (Wildman–Crippen LogP) is 0.448. The van der Waals surface area contributed by atoms with Crippen molar-refractivity contribution in [2.24, 2.45) is 4.40 Å². The number of aromatic nitrogens is 1. The van der Waals surface area contributed by atoms with Gasteiger partial charge in [0.15, 0.2) is 0 Å². The van der Waals surface area contributed by atoms with E-state index >= 15 is 0 Å². The van der Waals surface area contributed by atoms with Crippen LogP contribution in [0.1, 0.15) is 18.1 Å². The quantitative estimate of drug-likeness (QED) is 0.753. The van der Waals surface area contributed by atoms with Gasteiger partial charge in [-0.2, -0.15) is 8.42 Å². The van der Waals surface area contributed by atoms with Crippen molar-refractivity contribution in [3.63, 3.8) is 0 Å². The maximum absolute atomic E-state index is 11.6. The Morgan fingerprint density at radius 3 is 2.80 bits per heavy atom. The summed E-state index contributed by atoms with van der Waals surface area (Å²) in [4.78, 5) is 4.06. The average molecular weight is 225 g/mol. The summed E-state index contributed by atoms with van der Waals surface area (Å²) in [5, 5.41) is 2.94. The van der Waals surface area contributed by atoms with Crippen LogP contribution in [0.2, 0.25) is 0 Å². The zero-order chi connectivity index (χ0) is 11.1. The molecule has 2 rings (SSSR count). The minimum atomic E-state index is -3.54. The lowest BCUT2D eigenvalue weighted by Crippen LogP contribution is -2.23. The Hall–Kier alpha value is -1.43. The highest BCUT2D eigenvalue weighted by atomic mass is 32.2. The molecule has 0 atom stereocenters. The van der Waals surface area contributed by atoms with Crippen LogP contribution in [-0.4, -0.2) is 25.8 Å². The van der Waals surface area contributed by atoms with E-state index in [2.05, 4.69) is 14.7 Å². The van der Waals surface area contributed by atoms with Gasteiger partial charge in [0.1, 0.15) is 10.7 Å². The molecule has 0 spiro atoms. The van der Waals surface area contributed by atoms with Crippen LogP contribution >= 0.6 is 0 Å². The highest BCUT2D eigenvalue weighted by molar-refractivity contribution is 7.90. The Bertz CT molecular complexity index is 534. The Morgan fingerprint density at radius 1 is 1.40 bits per heavy atom. The first-order chi connectivity index (χ1) is 7.06. The molecule has 15 heavy (non-hydrogen) atoms. The molecule has 0 bridgehead atoms. The first-order valence-electron chi connectivity index (χ1n) is 4.60. The molecule has 0 radical (unpaired) electrons. The van der Waals surface area contributed by atoms with Gasteiger partial charge in [0.25, 0.3) is 10.0 Å². The van der Waals surface area contributed by atoms with E-state index in [0.717, 1.165) is 5.56 Å². The van der Waals surface area contributed by atoms with E-state index in [1.54, 1.807) is 6.20 Å². The van der Waals surface area contributed by atoms with Crippen molar-refractivity contribution in [2.75, 3.05) is 6.54 Å². The van der Waals surface area contributed by atoms with Crippen molar-refractivity contribution in [1.82, 2.24) is 10.3 Å². The maximum atomic E-state index is 11.6. The first-order valence-corrected chi connectivity index (χ1v) is 6.04. The van der Waals surface area contributed by atoms with Gasteiger partial charge < -0.3 is 5.32 Å². The fourth-order valence-electron chi connectivity index (χ4n) is 1.54. The molecular weight excluding hydrogens is 214 g/mol.